The summed E-state index contributed by atoms with van der Waals surface area (Å²) in [5, 5.41) is 6.62. The van der Waals surface area contributed by atoms with Crippen LogP contribution in [0.15, 0.2) is 12.4 Å². The highest BCUT2D eigenvalue weighted by Gasteiger charge is 2.22. The van der Waals surface area contributed by atoms with Gasteiger partial charge in [-0.05, 0) is 19.4 Å². The first-order chi connectivity index (χ1) is 8.54. The summed E-state index contributed by atoms with van der Waals surface area (Å²) in [6, 6.07) is -1.27. The third-order valence-corrected chi connectivity index (χ3v) is 2.23. The molecule has 0 aliphatic heterocycles. The van der Waals surface area contributed by atoms with Gasteiger partial charge in [-0.1, -0.05) is 0 Å². The van der Waals surface area contributed by atoms with Gasteiger partial charge in [-0.15, -0.1) is 0 Å². The van der Waals surface area contributed by atoms with E-state index in [0.29, 0.717) is 13.1 Å². The molecule has 18 heavy (non-hydrogen) atoms. The Labute approximate surface area is 105 Å². The lowest BCUT2D eigenvalue weighted by Gasteiger charge is -2.11. The number of carbonyl (C=O) groups is 2. The molecule has 0 radical (unpaired) electrons. The number of esters is 1. The summed E-state index contributed by atoms with van der Waals surface area (Å²) < 4.78 is 6.35. The van der Waals surface area contributed by atoms with Gasteiger partial charge in [0.2, 0.25) is 5.91 Å². The number of ether oxygens (including phenoxy) is 1. The first kappa shape index (κ1) is 14.2. The predicted molar refractivity (Wildman–Crippen MR) is 64.6 cm³/mol. The zero-order valence-corrected chi connectivity index (χ0v) is 10.5. The number of amides is 1. The first-order valence-corrected chi connectivity index (χ1v) is 5.73. The normalized spacial score (nSPS) is 11.9. The maximum absolute atomic E-state index is 11.5. The second-order valence-corrected chi connectivity index (χ2v) is 3.80. The van der Waals surface area contributed by atoms with Crippen LogP contribution in [0.25, 0.3) is 0 Å². The molecule has 7 nitrogen and oxygen atoms in total. The topological polar surface area (TPSA) is 99.2 Å². The van der Waals surface area contributed by atoms with Crippen LogP contribution in [0.2, 0.25) is 0 Å². The standard InChI is InChI=1S/C11H18N4O3/c1-3-18-11(17)9(12)10(16)13-4-5-15-7-8(2)6-14-15/h6-7,9H,3-5,12H2,1-2H3,(H,13,16). The molecular weight excluding hydrogens is 236 g/mol. The Morgan fingerprint density at radius 2 is 2.33 bits per heavy atom. The number of nitrogens with one attached hydrogen (secondary N) is 1. The summed E-state index contributed by atoms with van der Waals surface area (Å²) in [6.07, 6.45) is 3.59. The zero-order valence-electron chi connectivity index (χ0n) is 10.5. The summed E-state index contributed by atoms with van der Waals surface area (Å²) in [5.74, 6) is -1.26. The fourth-order valence-corrected chi connectivity index (χ4v) is 1.33. The summed E-state index contributed by atoms with van der Waals surface area (Å²) in [7, 11) is 0. The van der Waals surface area contributed by atoms with Gasteiger partial charge in [0.25, 0.3) is 0 Å². The van der Waals surface area contributed by atoms with Gasteiger partial charge in [0.1, 0.15) is 0 Å². The van der Waals surface area contributed by atoms with Crippen molar-refractivity contribution in [3.05, 3.63) is 18.0 Å². The second-order valence-electron chi connectivity index (χ2n) is 3.80. The predicted octanol–water partition coefficient (Wildman–Crippen LogP) is -0.802. The third kappa shape index (κ3) is 4.17. The molecule has 0 aliphatic rings. The van der Waals surface area contributed by atoms with Gasteiger partial charge in [0, 0.05) is 12.7 Å². The molecule has 1 unspecified atom stereocenters. The minimum atomic E-state index is -1.27. The van der Waals surface area contributed by atoms with Gasteiger partial charge >= 0.3 is 5.97 Å². The fourth-order valence-electron chi connectivity index (χ4n) is 1.33. The van der Waals surface area contributed by atoms with Crippen LogP contribution >= 0.6 is 0 Å². The number of carbonyl (C=O) groups excluding carboxylic acids is 2. The van der Waals surface area contributed by atoms with E-state index in [0.717, 1.165) is 5.56 Å². The Morgan fingerprint density at radius 1 is 1.61 bits per heavy atom. The molecular formula is C11H18N4O3. The molecule has 1 heterocycles. The Morgan fingerprint density at radius 3 is 2.89 bits per heavy atom. The largest absolute Gasteiger partial charge is 0.464 e. The van der Waals surface area contributed by atoms with Crippen LogP contribution in [0.3, 0.4) is 0 Å². The van der Waals surface area contributed by atoms with Crippen LogP contribution in [0.4, 0.5) is 0 Å². The molecule has 7 heteroatoms. The quantitative estimate of drug-likeness (QED) is 0.511. The number of hydrogen-bond donors (Lipinski definition) is 2. The Bertz CT molecular complexity index is 416. The van der Waals surface area contributed by atoms with Crippen LogP contribution in [-0.2, 0) is 20.9 Å². The van der Waals surface area contributed by atoms with Crippen LogP contribution < -0.4 is 11.1 Å². The number of aryl methyl sites for hydroxylation is 1. The molecule has 1 aromatic rings. The van der Waals surface area contributed by atoms with Gasteiger partial charge in [0.15, 0.2) is 6.04 Å². The smallest absolute Gasteiger partial charge is 0.332 e. The van der Waals surface area contributed by atoms with E-state index in [4.69, 9.17) is 5.73 Å². The van der Waals surface area contributed by atoms with Crippen LogP contribution in [-0.4, -0.2) is 40.9 Å². The lowest BCUT2D eigenvalue weighted by Crippen LogP contribution is -2.47. The number of aromatic nitrogens is 2. The van der Waals surface area contributed by atoms with E-state index in [1.54, 1.807) is 17.8 Å². The van der Waals surface area contributed by atoms with Gasteiger partial charge in [0.05, 0.1) is 19.3 Å². The van der Waals surface area contributed by atoms with Crippen molar-refractivity contribution in [1.29, 1.82) is 0 Å². The van der Waals surface area contributed by atoms with Crippen molar-refractivity contribution < 1.29 is 14.3 Å². The second kappa shape index (κ2) is 6.75. The lowest BCUT2D eigenvalue weighted by molar-refractivity contribution is -0.147. The first-order valence-electron chi connectivity index (χ1n) is 5.73. The highest BCUT2D eigenvalue weighted by molar-refractivity contribution is 6.01. The molecule has 0 aromatic carbocycles. The Hall–Kier alpha value is -1.89. The summed E-state index contributed by atoms with van der Waals surface area (Å²) >= 11 is 0. The Balaban J connectivity index is 2.30. The van der Waals surface area contributed by atoms with E-state index in [1.807, 2.05) is 13.1 Å². The molecule has 3 N–H and O–H groups in total. The molecule has 100 valence electrons. The third-order valence-electron chi connectivity index (χ3n) is 2.23. The Kier molecular flexibility index (Phi) is 5.31. The van der Waals surface area contributed by atoms with Crippen molar-refractivity contribution in [3.8, 4) is 0 Å². The monoisotopic (exact) mass is 254 g/mol. The summed E-state index contributed by atoms with van der Waals surface area (Å²) in [5.41, 5.74) is 6.47. The van der Waals surface area contributed by atoms with E-state index < -0.39 is 17.9 Å². The van der Waals surface area contributed by atoms with E-state index in [1.165, 1.54) is 0 Å². The van der Waals surface area contributed by atoms with Gasteiger partial charge in [-0.3, -0.25) is 9.48 Å². The SMILES string of the molecule is CCOC(=O)C(N)C(=O)NCCn1cc(C)cn1. The average molecular weight is 254 g/mol. The van der Waals surface area contributed by atoms with Gasteiger partial charge in [-0.25, -0.2) is 4.79 Å². The van der Waals surface area contributed by atoms with E-state index in [-0.39, 0.29) is 6.61 Å². The minimum absolute atomic E-state index is 0.201. The molecule has 0 saturated heterocycles. The van der Waals surface area contributed by atoms with Crippen molar-refractivity contribution in [2.45, 2.75) is 26.4 Å². The maximum Gasteiger partial charge on any atom is 0.332 e. The van der Waals surface area contributed by atoms with Crippen LogP contribution in [0.1, 0.15) is 12.5 Å². The highest BCUT2D eigenvalue weighted by atomic mass is 16.5. The average Bonchev–Trinajstić information content (AvgIpc) is 2.74. The van der Waals surface area contributed by atoms with Crippen molar-refractivity contribution >= 4 is 11.9 Å². The number of nitrogens with two attached hydrogens (primary N) is 1. The van der Waals surface area contributed by atoms with Gasteiger partial charge in [-0.2, -0.15) is 5.10 Å². The molecule has 0 bridgehead atoms. The highest BCUT2D eigenvalue weighted by Crippen LogP contribution is 1.93. The van der Waals surface area contributed by atoms with Gasteiger partial charge < -0.3 is 15.8 Å². The molecule has 1 atom stereocenters. The summed E-state index contributed by atoms with van der Waals surface area (Å²) in [4.78, 5) is 22.7. The fraction of sp³-hybridized carbons (Fsp3) is 0.545. The zero-order chi connectivity index (χ0) is 13.5. The van der Waals surface area contributed by atoms with E-state index in [9.17, 15) is 9.59 Å². The molecule has 0 saturated carbocycles. The molecule has 1 aromatic heterocycles. The summed E-state index contributed by atoms with van der Waals surface area (Å²) in [6.45, 7) is 4.66. The van der Waals surface area contributed by atoms with Crippen molar-refractivity contribution in [3.63, 3.8) is 0 Å². The number of nitrogens with zero attached hydrogens (tertiary/aromatic N) is 2. The van der Waals surface area contributed by atoms with Crippen LogP contribution in [0.5, 0.6) is 0 Å². The number of rotatable bonds is 6. The molecule has 0 fully saturated rings. The molecule has 0 spiro atoms. The van der Waals surface area contributed by atoms with Crippen molar-refractivity contribution in [2.75, 3.05) is 13.2 Å². The maximum atomic E-state index is 11.5. The van der Waals surface area contributed by atoms with Crippen molar-refractivity contribution in [2.24, 2.45) is 5.73 Å². The lowest BCUT2D eigenvalue weighted by atomic mass is 10.3. The number of hydrogen-bond acceptors (Lipinski definition) is 5. The minimum Gasteiger partial charge on any atom is -0.464 e. The van der Waals surface area contributed by atoms with E-state index in [2.05, 4.69) is 15.2 Å². The van der Waals surface area contributed by atoms with Crippen molar-refractivity contribution in [1.82, 2.24) is 15.1 Å². The molecule has 1 rings (SSSR count). The molecule has 0 aliphatic carbocycles. The van der Waals surface area contributed by atoms with E-state index >= 15 is 0 Å². The van der Waals surface area contributed by atoms with Crippen LogP contribution in [0, 0.1) is 6.92 Å². The molecule has 1 amide bonds.